The van der Waals surface area contributed by atoms with Crippen LogP contribution in [0, 0.1) is 0 Å². The third-order valence-corrected chi connectivity index (χ3v) is 6.12. The molecule has 2 heterocycles. The average Bonchev–Trinajstić information content (AvgIpc) is 3.40. The lowest BCUT2D eigenvalue weighted by Gasteiger charge is -2.34. The minimum atomic E-state index is -0.385. The number of ketones is 1. The zero-order valence-electron chi connectivity index (χ0n) is 19.1. The van der Waals surface area contributed by atoms with Gasteiger partial charge in [0, 0.05) is 58.1 Å². The Kier molecular flexibility index (Phi) is 7.62. The molecule has 0 bridgehead atoms. The van der Waals surface area contributed by atoms with Crippen LogP contribution in [0.5, 0.6) is 11.5 Å². The Labute approximate surface area is 195 Å². The average molecular weight is 450 g/mol. The number of benzene rings is 2. The van der Waals surface area contributed by atoms with Crippen molar-refractivity contribution < 1.29 is 19.1 Å². The summed E-state index contributed by atoms with van der Waals surface area (Å²) in [7, 11) is 1.67. The molecule has 7 nitrogen and oxygen atoms in total. The first kappa shape index (κ1) is 22.9. The fourth-order valence-electron chi connectivity index (χ4n) is 4.14. The van der Waals surface area contributed by atoms with Crippen LogP contribution in [0.25, 0.3) is 0 Å². The van der Waals surface area contributed by atoms with Gasteiger partial charge in [0.2, 0.25) is 0 Å². The van der Waals surface area contributed by atoms with Crippen LogP contribution in [0.2, 0.25) is 0 Å². The standard InChI is InChI=1S/C26H31N3O4/c1-32-22-10-8-21(9-11-22)20-28-18-16-27(17-19-28)15-12-24(30)23-6-2-3-7-25(23)33-26(31)29-13-4-5-14-29/h2-3,6-12,15H,4-5,13-14,16-20H2,1H3. The van der Waals surface area contributed by atoms with Gasteiger partial charge in [-0.1, -0.05) is 24.3 Å². The number of piperazine rings is 1. The van der Waals surface area contributed by atoms with Gasteiger partial charge in [0.05, 0.1) is 12.7 Å². The van der Waals surface area contributed by atoms with E-state index in [-0.39, 0.29) is 11.9 Å². The first-order chi connectivity index (χ1) is 16.1. The first-order valence-electron chi connectivity index (χ1n) is 11.5. The van der Waals surface area contributed by atoms with Gasteiger partial charge in [0.15, 0.2) is 5.78 Å². The molecule has 2 aromatic rings. The molecule has 2 aliphatic rings. The van der Waals surface area contributed by atoms with Gasteiger partial charge in [-0.05, 0) is 42.7 Å². The van der Waals surface area contributed by atoms with Gasteiger partial charge in [0.25, 0.3) is 0 Å². The van der Waals surface area contributed by atoms with Crippen molar-refractivity contribution in [2.24, 2.45) is 0 Å². The van der Waals surface area contributed by atoms with Gasteiger partial charge < -0.3 is 19.3 Å². The van der Waals surface area contributed by atoms with Gasteiger partial charge >= 0.3 is 6.09 Å². The molecule has 2 fully saturated rings. The van der Waals surface area contributed by atoms with E-state index >= 15 is 0 Å². The summed E-state index contributed by atoms with van der Waals surface area (Å²) in [4.78, 5) is 31.4. The summed E-state index contributed by atoms with van der Waals surface area (Å²) in [5.74, 6) is 1.01. The van der Waals surface area contributed by atoms with E-state index in [4.69, 9.17) is 9.47 Å². The zero-order valence-corrected chi connectivity index (χ0v) is 19.1. The summed E-state index contributed by atoms with van der Waals surface area (Å²) in [6.07, 6.45) is 5.02. The van der Waals surface area contributed by atoms with E-state index < -0.39 is 0 Å². The number of allylic oxidation sites excluding steroid dienone is 1. The summed E-state index contributed by atoms with van der Waals surface area (Å²) >= 11 is 0. The molecule has 33 heavy (non-hydrogen) atoms. The smallest absolute Gasteiger partial charge is 0.415 e. The number of hydrogen-bond acceptors (Lipinski definition) is 6. The van der Waals surface area contributed by atoms with Crippen molar-refractivity contribution in [1.82, 2.24) is 14.7 Å². The van der Waals surface area contributed by atoms with E-state index in [9.17, 15) is 9.59 Å². The molecule has 0 spiro atoms. The van der Waals surface area contributed by atoms with Gasteiger partial charge in [-0.15, -0.1) is 0 Å². The largest absolute Gasteiger partial charge is 0.497 e. The Bertz CT molecular complexity index is 975. The summed E-state index contributed by atoms with van der Waals surface area (Å²) in [5.41, 5.74) is 1.66. The summed E-state index contributed by atoms with van der Waals surface area (Å²) in [6, 6.07) is 15.1. The molecule has 2 saturated heterocycles. The molecule has 0 aromatic heterocycles. The fourth-order valence-corrected chi connectivity index (χ4v) is 4.14. The van der Waals surface area contributed by atoms with E-state index in [1.54, 1.807) is 42.4 Å². The Hall–Kier alpha value is -3.32. The highest BCUT2D eigenvalue weighted by molar-refractivity contribution is 6.06. The number of amides is 1. The molecular weight excluding hydrogens is 418 g/mol. The van der Waals surface area contributed by atoms with Crippen molar-refractivity contribution in [1.29, 1.82) is 0 Å². The highest BCUT2D eigenvalue weighted by atomic mass is 16.6. The third-order valence-electron chi connectivity index (χ3n) is 6.12. The molecule has 0 atom stereocenters. The lowest BCUT2D eigenvalue weighted by molar-refractivity contribution is 0.103. The monoisotopic (exact) mass is 449 g/mol. The highest BCUT2D eigenvalue weighted by Gasteiger charge is 2.22. The maximum absolute atomic E-state index is 12.8. The quantitative estimate of drug-likeness (QED) is 0.473. The summed E-state index contributed by atoms with van der Waals surface area (Å²) in [6.45, 7) is 5.87. The van der Waals surface area contributed by atoms with Crippen LogP contribution >= 0.6 is 0 Å². The second kappa shape index (κ2) is 11.0. The third kappa shape index (κ3) is 6.14. The number of rotatable bonds is 7. The molecule has 0 saturated carbocycles. The molecule has 1 amide bonds. The molecule has 0 radical (unpaired) electrons. The molecule has 0 N–H and O–H groups in total. The molecule has 2 aromatic carbocycles. The molecule has 4 rings (SSSR count). The van der Waals surface area contributed by atoms with Crippen molar-refractivity contribution in [2.45, 2.75) is 19.4 Å². The van der Waals surface area contributed by atoms with Crippen LogP contribution in [-0.4, -0.2) is 73.0 Å². The maximum atomic E-state index is 12.8. The van der Waals surface area contributed by atoms with Crippen LogP contribution in [0.4, 0.5) is 4.79 Å². The van der Waals surface area contributed by atoms with Gasteiger partial charge in [-0.2, -0.15) is 0 Å². The number of likely N-dealkylation sites (tertiary alicyclic amines) is 1. The van der Waals surface area contributed by atoms with Crippen LogP contribution in [0.15, 0.2) is 60.8 Å². The van der Waals surface area contributed by atoms with Gasteiger partial charge in [-0.3, -0.25) is 9.69 Å². The Morgan fingerprint density at radius 2 is 1.61 bits per heavy atom. The Balaban J connectivity index is 1.29. The van der Waals surface area contributed by atoms with E-state index in [1.807, 2.05) is 18.3 Å². The number of methoxy groups -OCH3 is 1. The second-order valence-corrected chi connectivity index (χ2v) is 8.40. The topological polar surface area (TPSA) is 62.3 Å². The van der Waals surface area contributed by atoms with E-state index in [1.165, 1.54) is 5.56 Å². The lowest BCUT2D eigenvalue weighted by Crippen LogP contribution is -2.43. The van der Waals surface area contributed by atoms with Crippen LogP contribution in [-0.2, 0) is 6.54 Å². The predicted molar refractivity (Wildman–Crippen MR) is 127 cm³/mol. The van der Waals surface area contributed by atoms with Gasteiger partial charge in [0.1, 0.15) is 11.5 Å². The maximum Gasteiger partial charge on any atom is 0.415 e. The molecule has 2 aliphatic heterocycles. The van der Waals surface area contributed by atoms with Crippen molar-refractivity contribution in [3.63, 3.8) is 0 Å². The molecule has 174 valence electrons. The number of carbonyl (C=O) groups is 2. The number of para-hydroxylation sites is 1. The normalized spacial score (nSPS) is 16.9. The highest BCUT2D eigenvalue weighted by Crippen LogP contribution is 2.21. The molecular formula is C26H31N3O4. The van der Waals surface area contributed by atoms with Crippen LogP contribution in [0.3, 0.4) is 0 Å². The SMILES string of the molecule is COc1ccc(CN2CCN(C=CC(=O)c3ccccc3OC(=O)N3CCCC3)CC2)cc1. The molecule has 7 heteroatoms. The fraction of sp³-hybridized carbons (Fsp3) is 0.385. The van der Waals surface area contributed by atoms with E-state index in [0.717, 1.165) is 51.3 Å². The Morgan fingerprint density at radius 3 is 2.30 bits per heavy atom. The minimum Gasteiger partial charge on any atom is -0.497 e. The number of hydrogen-bond donors (Lipinski definition) is 0. The number of carbonyl (C=O) groups excluding carboxylic acids is 2. The summed E-state index contributed by atoms with van der Waals surface area (Å²) < 4.78 is 10.8. The zero-order chi connectivity index (χ0) is 23.0. The predicted octanol–water partition coefficient (Wildman–Crippen LogP) is 3.80. The number of ether oxygens (including phenoxy) is 2. The van der Waals surface area contributed by atoms with Gasteiger partial charge in [-0.25, -0.2) is 4.79 Å². The summed E-state index contributed by atoms with van der Waals surface area (Å²) in [5, 5.41) is 0. The van der Waals surface area contributed by atoms with E-state index in [2.05, 4.69) is 21.9 Å². The Morgan fingerprint density at radius 1 is 0.909 bits per heavy atom. The van der Waals surface area contributed by atoms with Crippen LogP contribution in [0.1, 0.15) is 28.8 Å². The van der Waals surface area contributed by atoms with Crippen molar-refractivity contribution in [3.8, 4) is 11.5 Å². The molecule has 0 unspecified atom stereocenters. The van der Waals surface area contributed by atoms with Crippen LogP contribution < -0.4 is 9.47 Å². The van der Waals surface area contributed by atoms with Crippen molar-refractivity contribution in [3.05, 3.63) is 71.9 Å². The lowest BCUT2D eigenvalue weighted by atomic mass is 10.1. The van der Waals surface area contributed by atoms with E-state index in [0.29, 0.717) is 24.4 Å². The van der Waals surface area contributed by atoms with Crippen molar-refractivity contribution >= 4 is 11.9 Å². The number of nitrogens with zero attached hydrogens (tertiary/aromatic N) is 3. The molecule has 0 aliphatic carbocycles. The van der Waals surface area contributed by atoms with Crippen molar-refractivity contribution in [2.75, 3.05) is 46.4 Å². The minimum absolute atomic E-state index is 0.166. The second-order valence-electron chi connectivity index (χ2n) is 8.40. The first-order valence-corrected chi connectivity index (χ1v) is 11.5.